The van der Waals surface area contributed by atoms with Crippen LogP contribution in [0.5, 0.6) is 0 Å². The van der Waals surface area contributed by atoms with Gasteiger partial charge in [0.1, 0.15) is 0 Å². The number of anilines is 1. The van der Waals surface area contributed by atoms with Crippen molar-refractivity contribution in [3.8, 4) is 0 Å². The summed E-state index contributed by atoms with van der Waals surface area (Å²) in [6, 6.07) is 7.91. The molecule has 13 heavy (non-hydrogen) atoms. The van der Waals surface area contributed by atoms with Gasteiger partial charge in [0.25, 0.3) is 0 Å². The molecule has 0 saturated heterocycles. The first-order chi connectivity index (χ1) is 6.42. The molecule has 1 aromatic heterocycles. The largest absolute Gasteiger partial charge is 0.356 e. The summed E-state index contributed by atoms with van der Waals surface area (Å²) in [5.74, 6) is 0.737. The van der Waals surface area contributed by atoms with Crippen LogP contribution in [0.3, 0.4) is 0 Å². The number of benzene rings is 1. The molecule has 0 aliphatic rings. The van der Waals surface area contributed by atoms with Crippen molar-refractivity contribution in [2.75, 3.05) is 12.0 Å². The van der Waals surface area contributed by atoms with Gasteiger partial charge in [-0.25, -0.2) is 0 Å². The van der Waals surface area contributed by atoms with Crippen LogP contribution in [-0.4, -0.2) is 16.9 Å². The lowest BCUT2D eigenvalue weighted by molar-refractivity contribution is 1.02. The van der Waals surface area contributed by atoms with Gasteiger partial charge < -0.3 is 11.1 Å². The summed E-state index contributed by atoms with van der Waals surface area (Å²) in [5, 5.41) is 12.9. The molecule has 0 radical (unpaired) electrons. The molecule has 4 nitrogen and oxygen atoms in total. The first-order valence-electron chi connectivity index (χ1n) is 4.06. The molecule has 0 aliphatic carbocycles. The van der Waals surface area contributed by atoms with Gasteiger partial charge in [-0.3, -0.25) is 0 Å². The Hall–Kier alpha value is -1.68. The molecule has 0 aliphatic heterocycles. The highest BCUT2D eigenvalue weighted by molar-refractivity contribution is 5.90. The van der Waals surface area contributed by atoms with Gasteiger partial charge in [-0.2, -0.15) is 5.10 Å². The highest BCUT2D eigenvalue weighted by atomic mass is 15.2. The normalized spacial score (nSPS) is 10.2. The van der Waals surface area contributed by atoms with E-state index in [2.05, 4.69) is 15.5 Å². The molecular formula is C9H10N4. The molecule has 0 amide bonds. The molecule has 0 fully saturated rings. The zero-order chi connectivity index (χ0) is 9.10. The topological polar surface area (TPSA) is 63.8 Å². The van der Waals surface area contributed by atoms with Crippen LogP contribution in [0.2, 0.25) is 0 Å². The van der Waals surface area contributed by atoms with Gasteiger partial charge in [0, 0.05) is 10.8 Å². The van der Waals surface area contributed by atoms with Crippen LogP contribution in [0.15, 0.2) is 30.5 Å². The number of nitrogens with two attached hydrogens (primary N) is 1. The summed E-state index contributed by atoms with van der Waals surface area (Å²) in [5.41, 5.74) is 5.37. The Morgan fingerprint density at radius 3 is 3.00 bits per heavy atom. The van der Waals surface area contributed by atoms with E-state index in [1.807, 2.05) is 24.3 Å². The van der Waals surface area contributed by atoms with E-state index < -0.39 is 0 Å². The summed E-state index contributed by atoms with van der Waals surface area (Å²) < 4.78 is 0. The molecule has 0 unspecified atom stereocenters. The number of fused-ring (bicyclic) bond motifs is 1. The fourth-order valence-corrected chi connectivity index (χ4v) is 1.26. The van der Waals surface area contributed by atoms with E-state index >= 15 is 0 Å². The number of aromatic nitrogens is 2. The molecule has 4 heteroatoms. The highest BCUT2D eigenvalue weighted by Gasteiger charge is 1.99. The van der Waals surface area contributed by atoms with Crippen molar-refractivity contribution < 1.29 is 0 Å². The minimum Gasteiger partial charge on any atom is -0.356 e. The van der Waals surface area contributed by atoms with Crippen LogP contribution >= 0.6 is 0 Å². The van der Waals surface area contributed by atoms with Crippen LogP contribution in [0, 0.1) is 0 Å². The zero-order valence-electron chi connectivity index (χ0n) is 7.07. The molecule has 0 atom stereocenters. The highest BCUT2D eigenvalue weighted by Crippen LogP contribution is 2.18. The Labute approximate surface area is 75.8 Å². The minimum absolute atomic E-state index is 0.364. The van der Waals surface area contributed by atoms with E-state index in [9.17, 15) is 0 Å². The Bertz CT molecular complexity index is 408. The van der Waals surface area contributed by atoms with E-state index in [4.69, 9.17) is 5.73 Å². The fraction of sp³-hybridized carbons (Fsp3) is 0.111. The summed E-state index contributed by atoms with van der Waals surface area (Å²) in [6.45, 7) is 0.364. The van der Waals surface area contributed by atoms with Crippen LogP contribution in [0.25, 0.3) is 10.8 Å². The Morgan fingerprint density at radius 1 is 1.31 bits per heavy atom. The summed E-state index contributed by atoms with van der Waals surface area (Å²) in [6.07, 6.45) is 1.73. The van der Waals surface area contributed by atoms with Gasteiger partial charge in [-0.05, 0) is 0 Å². The second-order valence-corrected chi connectivity index (χ2v) is 2.66. The first-order valence-corrected chi connectivity index (χ1v) is 4.06. The van der Waals surface area contributed by atoms with Gasteiger partial charge in [0.2, 0.25) is 0 Å². The van der Waals surface area contributed by atoms with E-state index in [0.717, 1.165) is 16.6 Å². The second kappa shape index (κ2) is 3.37. The summed E-state index contributed by atoms with van der Waals surface area (Å²) >= 11 is 0. The van der Waals surface area contributed by atoms with Gasteiger partial charge >= 0.3 is 0 Å². The molecule has 1 heterocycles. The van der Waals surface area contributed by atoms with Crippen molar-refractivity contribution in [2.24, 2.45) is 5.73 Å². The molecular weight excluding hydrogens is 164 g/mol. The zero-order valence-corrected chi connectivity index (χ0v) is 7.07. The number of nitrogens with one attached hydrogen (secondary N) is 1. The predicted molar refractivity (Wildman–Crippen MR) is 52.2 cm³/mol. The Kier molecular flexibility index (Phi) is 2.06. The molecule has 3 N–H and O–H groups in total. The summed E-state index contributed by atoms with van der Waals surface area (Å²) in [4.78, 5) is 0. The van der Waals surface area contributed by atoms with Crippen LogP contribution in [0.1, 0.15) is 0 Å². The lowest BCUT2D eigenvalue weighted by atomic mass is 10.2. The van der Waals surface area contributed by atoms with Crippen LogP contribution in [-0.2, 0) is 0 Å². The number of hydrogen-bond donors (Lipinski definition) is 2. The number of rotatable bonds is 2. The van der Waals surface area contributed by atoms with Crippen molar-refractivity contribution in [3.63, 3.8) is 0 Å². The van der Waals surface area contributed by atoms with Crippen LogP contribution in [0.4, 0.5) is 5.82 Å². The van der Waals surface area contributed by atoms with Gasteiger partial charge in [0.05, 0.1) is 12.9 Å². The van der Waals surface area contributed by atoms with Gasteiger partial charge in [0.15, 0.2) is 5.82 Å². The van der Waals surface area contributed by atoms with Crippen molar-refractivity contribution in [1.82, 2.24) is 10.2 Å². The number of nitrogens with zero attached hydrogens (tertiary/aromatic N) is 2. The first kappa shape index (κ1) is 7.94. The molecule has 0 spiro atoms. The lowest BCUT2D eigenvalue weighted by Crippen LogP contribution is -2.12. The van der Waals surface area contributed by atoms with Crippen molar-refractivity contribution in [3.05, 3.63) is 30.5 Å². The van der Waals surface area contributed by atoms with E-state index in [0.29, 0.717) is 6.67 Å². The smallest absolute Gasteiger partial charge is 0.157 e. The monoisotopic (exact) mass is 174 g/mol. The van der Waals surface area contributed by atoms with Crippen molar-refractivity contribution in [1.29, 1.82) is 0 Å². The molecule has 2 aromatic rings. The van der Waals surface area contributed by atoms with Crippen LogP contribution < -0.4 is 11.1 Å². The van der Waals surface area contributed by atoms with Crippen molar-refractivity contribution in [2.45, 2.75) is 0 Å². The maximum absolute atomic E-state index is 5.37. The molecule has 2 rings (SSSR count). The average molecular weight is 174 g/mol. The van der Waals surface area contributed by atoms with E-state index in [-0.39, 0.29) is 0 Å². The summed E-state index contributed by atoms with van der Waals surface area (Å²) in [7, 11) is 0. The third-order valence-electron chi connectivity index (χ3n) is 1.84. The maximum Gasteiger partial charge on any atom is 0.157 e. The maximum atomic E-state index is 5.37. The fourth-order valence-electron chi connectivity index (χ4n) is 1.26. The Balaban J connectivity index is 2.61. The molecule has 0 saturated carbocycles. The Morgan fingerprint density at radius 2 is 2.15 bits per heavy atom. The predicted octanol–water partition coefficient (Wildman–Crippen LogP) is 0.958. The quantitative estimate of drug-likeness (QED) is 0.665. The van der Waals surface area contributed by atoms with E-state index in [1.165, 1.54) is 0 Å². The standard InChI is InChI=1S/C9H10N4/c10-6-11-9-8-4-2-1-3-7(8)5-12-13-9/h1-5H,6,10H2,(H,11,13). The average Bonchev–Trinajstić information content (AvgIpc) is 2.19. The second-order valence-electron chi connectivity index (χ2n) is 2.66. The van der Waals surface area contributed by atoms with Crippen molar-refractivity contribution >= 4 is 16.6 Å². The third kappa shape index (κ3) is 1.43. The molecule has 1 aromatic carbocycles. The molecule has 0 bridgehead atoms. The van der Waals surface area contributed by atoms with Gasteiger partial charge in [-0.1, -0.05) is 24.3 Å². The number of hydrogen-bond acceptors (Lipinski definition) is 4. The SMILES string of the molecule is NCNc1nncc2ccccc12. The third-order valence-corrected chi connectivity index (χ3v) is 1.84. The van der Waals surface area contributed by atoms with E-state index in [1.54, 1.807) is 6.20 Å². The van der Waals surface area contributed by atoms with Gasteiger partial charge in [-0.15, -0.1) is 5.10 Å². The molecule has 66 valence electrons. The lowest BCUT2D eigenvalue weighted by Gasteiger charge is -2.04. The minimum atomic E-state index is 0.364.